The Bertz CT molecular complexity index is 260. The van der Waals surface area contributed by atoms with E-state index in [4.69, 9.17) is 0 Å². The van der Waals surface area contributed by atoms with Crippen molar-refractivity contribution in [2.45, 2.75) is 65.2 Å². The summed E-state index contributed by atoms with van der Waals surface area (Å²) in [6.45, 7) is 11.2. The van der Waals surface area contributed by atoms with Gasteiger partial charge < -0.3 is 15.5 Å². The lowest BCUT2D eigenvalue weighted by Gasteiger charge is -2.26. The average molecular weight is 297 g/mol. The summed E-state index contributed by atoms with van der Waals surface area (Å²) in [6, 6.07) is 0. The molecule has 0 aliphatic carbocycles. The normalized spacial score (nSPS) is 17.0. The number of rotatable bonds is 10. The summed E-state index contributed by atoms with van der Waals surface area (Å²) in [5.74, 6) is 0.988. The number of likely N-dealkylation sites (tertiary alicyclic amines) is 1. The van der Waals surface area contributed by atoms with Crippen LogP contribution in [0.5, 0.6) is 0 Å². The fraction of sp³-hybridized carbons (Fsp3) is 0.941. The third-order valence-electron chi connectivity index (χ3n) is 4.02. The van der Waals surface area contributed by atoms with Gasteiger partial charge in [-0.1, -0.05) is 26.2 Å². The van der Waals surface area contributed by atoms with E-state index in [0.29, 0.717) is 0 Å². The molecule has 0 bridgehead atoms. The summed E-state index contributed by atoms with van der Waals surface area (Å²) in [7, 11) is 0. The van der Waals surface area contributed by atoms with Gasteiger partial charge in [-0.15, -0.1) is 0 Å². The molecule has 4 heteroatoms. The molecule has 4 nitrogen and oxygen atoms in total. The van der Waals surface area contributed by atoms with Crippen molar-refractivity contribution in [3.05, 3.63) is 0 Å². The summed E-state index contributed by atoms with van der Waals surface area (Å²) in [6.07, 6.45) is 10.5. The molecule has 0 aromatic rings. The first-order valence-electron chi connectivity index (χ1n) is 9.11. The van der Waals surface area contributed by atoms with Crippen LogP contribution in [-0.2, 0) is 0 Å². The largest absolute Gasteiger partial charge is 0.357 e. The number of aliphatic imine (C=N–C) groups is 1. The quantitative estimate of drug-likeness (QED) is 0.370. The molecule has 2 N–H and O–H groups in total. The molecule has 1 aliphatic rings. The number of hydrogen-bond acceptors (Lipinski definition) is 2. The lowest BCUT2D eigenvalue weighted by molar-refractivity contribution is 0.224. The van der Waals surface area contributed by atoms with E-state index < -0.39 is 0 Å². The maximum atomic E-state index is 4.65. The van der Waals surface area contributed by atoms with Crippen LogP contribution >= 0.6 is 0 Å². The SMILES string of the molecule is CCCCNC(=NCCCCCN1CCCCC1)NCC. The fourth-order valence-corrected chi connectivity index (χ4v) is 2.72. The summed E-state index contributed by atoms with van der Waals surface area (Å²) in [5.41, 5.74) is 0. The van der Waals surface area contributed by atoms with Gasteiger partial charge >= 0.3 is 0 Å². The van der Waals surface area contributed by atoms with Crippen LogP contribution in [0.2, 0.25) is 0 Å². The summed E-state index contributed by atoms with van der Waals surface area (Å²) in [5, 5.41) is 6.71. The molecule has 0 amide bonds. The molecule has 1 saturated heterocycles. The zero-order valence-corrected chi connectivity index (χ0v) is 14.3. The molecule has 1 aliphatic heterocycles. The van der Waals surface area contributed by atoms with Crippen molar-refractivity contribution < 1.29 is 0 Å². The molecule has 0 unspecified atom stereocenters. The molecule has 124 valence electrons. The number of nitrogens with zero attached hydrogens (tertiary/aromatic N) is 2. The van der Waals surface area contributed by atoms with E-state index in [1.807, 2.05) is 0 Å². The average Bonchev–Trinajstić information content (AvgIpc) is 2.52. The van der Waals surface area contributed by atoms with E-state index in [-0.39, 0.29) is 0 Å². The van der Waals surface area contributed by atoms with Gasteiger partial charge in [0.1, 0.15) is 0 Å². The minimum Gasteiger partial charge on any atom is -0.357 e. The Kier molecular flexibility index (Phi) is 11.3. The third kappa shape index (κ3) is 9.72. The van der Waals surface area contributed by atoms with Crippen LogP contribution in [0.4, 0.5) is 0 Å². The first-order chi connectivity index (χ1) is 10.4. The first kappa shape index (κ1) is 18.3. The highest BCUT2D eigenvalue weighted by Gasteiger charge is 2.08. The molecular formula is C17H36N4. The lowest BCUT2D eigenvalue weighted by Crippen LogP contribution is -2.37. The van der Waals surface area contributed by atoms with E-state index in [2.05, 4.69) is 34.4 Å². The predicted octanol–water partition coefficient (Wildman–Crippen LogP) is 3.00. The van der Waals surface area contributed by atoms with Gasteiger partial charge in [0.05, 0.1) is 0 Å². The Morgan fingerprint density at radius 1 is 0.952 bits per heavy atom. The second kappa shape index (κ2) is 12.9. The Balaban J connectivity index is 2.03. The molecule has 0 saturated carbocycles. The lowest BCUT2D eigenvalue weighted by atomic mass is 10.1. The van der Waals surface area contributed by atoms with Gasteiger partial charge in [0, 0.05) is 19.6 Å². The second-order valence-corrected chi connectivity index (χ2v) is 6.00. The van der Waals surface area contributed by atoms with Crippen LogP contribution in [0.3, 0.4) is 0 Å². The van der Waals surface area contributed by atoms with E-state index >= 15 is 0 Å². The number of unbranched alkanes of at least 4 members (excludes halogenated alkanes) is 3. The van der Waals surface area contributed by atoms with Crippen molar-refractivity contribution in [3.8, 4) is 0 Å². The van der Waals surface area contributed by atoms with E-state index in [1.165, 1.54) is 71.0 Å². The first-order valence-corrected chi connectivity index (χ1v) is 9.11. The molecule has 1 rings (SSSR count). The maximum absolute atomic E-state index is 4.65. The Labute approximate surface area is 131 Å². The maximum Gasteiger partial charge on any atom is 0.191 e. The molecule has 0 aromatic carbocycles. The number of hydrogen-bond donors (Lipinski definition) is 2. The Hall–Kier alpha value is -0.770. The van der Waals surface area contributed by atoms with Gasteiger partial charge in [0.15, 0.2) is 5.96 Å². The van der Waals surface area contributed by atoms with Crippen molar-refractivity contribution in [1.82, 2.24) is 15.5 Å². The molecule has 0 spiro atoms. The van der Waals surface area contributed by atoms with E-state index in [9.17, 15) is 0 Å². The zero-order valence-electron chi connectivity index (χ0n) is 14.3. The van der Waals surface area contributed by atoms with Gasteiger partial charge in [-0.2, -0.15) is 0 Å². The molecule has 1 fully saturated rings. The van der Waals surface area contributed by atoms with Gasteiger partial charge in [-0.05, 0) is 58.7 Å². The van der Waals surface area contributed by atoms with Crippen LogP contribution in [0.15, 0.2) is 4.99 Å². The van der Waals surface area contributed by atoms with Crippen LogP contribution < -0.4 is 10.6 Å². The van der Waals surface area contributed by atoms with Crippen molar-refractivity contribution >= 4 is 5.96 Å². The zero-order chi connectivity index (χ0) is 15.2. The topological polar surface area (TPSA) is 39.7 Å². The molecule has 21 heavy (non-hydrogen) atoms. The Morgan fingerprint density at radius 3 is 2.48 bits per heavy atom. The number of nitrogens with one attached hydrogen (secondary N) is 2. The molecule has 0 atom stereocenters. The number of piperidine rings is 1. The van der Waals surface area contributed by atoms with Crippen molar-refractivity contribution in [1.29, 1.82) is 0 Å². The van der Waals surface area contributed by atoms with Gasteiger partial charge in [0.25, 0.3) is 0 Å². The Morgan fingerprint density at radius 2 is 1.76 bits per heavy atom. The van der Waals surface area contributed by atoms with E-state index in [1.54, 1.807) is 0 Å². The smallest absolute Gasteiger partial charge is 0.191 e. The molecule has 0 aromatic heterocycles. The molecule has 0 radical (unpaired) electrons. The van der Waals surface area contributed by atoms with Gasteiger partial charge in [-0.3, -0.25) is 4.99 Å². The summed E-state index contributed by atoms with van der Waals surface area (Å²) in [4.78, 5) is 7.28. The highest BCUT2D eigenvalue weighted by Crippen LogP contribution is 2.09. The molecular weight excluding hydrogens is 260 g/mol. The van der Waals surface area contributed by atoms with Crippen LogP contribution in [-0.4, -0.2) is 50.1 Å². The highest BCUT2D eigenvalue weighted by molar-refractivity contribution is 5.79. The van der Waals surface area contributed by atoms with Crippen molar-refractivity contribution in [2.75, 3.05) is 39.3 Å². The standard InChI is InChI=1S/C17H36N4/c1-3-5-12-19-17(18-4-2)20-13-8-6-9-14-21-15-10-7-11-16-21/h3-16H2,1-2H3,(H2,18,19,20). The predicted molar refractivity (Wildman–Crippen MR) is 93.0 cm³/mol. The molecule has 1 heterocycles. The van der Waals surface area contributed by atoms with Crippen LogP contribution in [0.1, 0.15) is 65.2 Å². The van der Waals surface area contributed by atoms with Crippen molar-refractivity contribution in [2.24, 2.45) is 4.99 Å². The second-order valence-electron chi connectivity index (χ2n) is 6.00. The monoisotopic (exact) mass is 296 g/mol. The summed E-state index contributed by atoms with van der Waals surface area (Å²) < 4.78 is 0. The minimum atomic E-state index is 0.937. The fourth-order valence-electron chi connectivity index (χ4n) is 2.72. The third-order valence-corrected chi connectivity index (χ3v) is 4.02. The van der Waals surface area contributed by atoms with Crippen LogP contribution in [0, 0.1) is 0 Å². The number of guanidine groups is 1. The van der Waals surface area contributed by atoms with E-state index in [0.717, 1.165) is 25.6 Å². The minimum absolute atomic E-state index is 0.937. The van der Waals surface area contributed by atoms with Crippen LogP contribution in [0.25, 0.3) is 0 Å². The van der Waals surface area contributed by atoms with Crippen molar-refractivity contribution in [3.63, 3.8) is 0 Å². The van der Waals surface area contributed by atoms with Gasteiger partial charge in [-0.25, -0.2) is 0 Å². The highest BCUT2D eigenvalue weighted by atomic mass is 15.2. The summed E-state index contributed by atoms with van der Waals surface area (Å²) >= 11 is 0. The van der Waals surface area contributed by atoms with Gasteiger partial charge in [0.2, 0.25) is 0 Å².